The lowest BCUT2D eigenvalue weighted by Gasteiger charge is -2.29. The van der Waals surface area contributed by atoms with Crippen LogP contribution in [-0.4, -0.2) is 42.1 Å². The molecule has 0 aliphatic carbocycles. The highest BCUT2D eigenvalue weighted by Crippen LogP contribution is 2.21. The second-order valence-electron chi connectivity index (χ2n) is 4.84. The van der Waals surface area contributed by atoms with Crippen molar-refractivity contribution in [1.29, 1.82) is 0 Å². The normalized spacial score (nSPS) is 17.6. The van der Waals surface area contributed by atoms with Gasteiger partial charge in [-0.05, 0) is 25.0 Å². The van der Waals surface area contributed by atoms with E-state index in [-0.39, 0.29) is 5.91 Å². The standard InChI is InChI=1S/C14H20N2O2/c1-10-3-4-12(11(2)9-10)13(17)14(18)16-7-5-15-6-8-16/h3-4,9,13,15,17H,5-8H2,1-2H3. The number of aliphatic hydroxyl groups is 1. The van der Waals surface area contributed by atoms with E-state index in [4.69, 9.17) is 0 Å². The van der Waals surface area contributed by atoms with Gasteiger partial charge in [-0.2, -0.15) is 0 Å². The lowest BCUT2D eigenvalue weighted by Crippen LogP contribution is -2.48. The van der Waals surface area contributed by atoms with Gasteiger partial charge in [0, 0.05) is 26.2 Å². The van der Waals surface area contributed by atoms with Crippen LogP contribution >= 0.6 is 0 Å². The van der Waals surface area contributed by atoms with Gasteiger partial charge in [-0.25, -0.2) is 0 Å². The third-order valence-corrected chi connectivity index (χ3v) is 3.38. The SMILES string of the molecule is Cc1ccc(C(O)C(=O)N2CCNCC2)c(C)c1. The highest BCUT2D eigenvalue weighted by Gasteiger charge is 2.25. The maximum atomic E-state index is 12.2. The predicted molar refractivity (Wildman–Crippen MR) is 70.3 cm³/mol. The first-order chi connectivity index (χ1) is 8.59. The number of hydrogen-bond donors (Lipinski definition) is 2. The summed E-state index contributed by atoms with van der Waals surface area (Å²) in [5.74, 6) is -0.191. The number of nitrogens with one attached hydrogen (secondary N) is 1. The average molecular weight is 248 g/mol. The Labute approximate surface area is 108 Å². The number of hydrogen-bond acceptors (Lipinski definition) is 3. The van der Waals surface area contributed by atoms with E-state index >= 15 is 0 Å². The van der Waals surface area contributed by atoms with Crippen molar-refractivity contribution in [3.63, 3.8) is 0 Å². The summed E-state index contributed by atoms with van der Waals surface area (Å²) in [6.45, 7) is 6.86. The van der Waals surface area contributed by atoms with Crippen LogP contribution in [0, 0.1) is 13.8 Å². The zero-order chi connectivity index (χ0) is 13.1. The van der Waals surface area contributed by atoms with Crippen molar-refractivity contribution < 1.29 is 9.90 Å². The maximum absolute atomic E-state index is 12.2. The number of benzene rings is 1. The molecule has 1 amide bonds. The van der Waals surface area contributed by atoms with Crippen LogP contribution < -0.4 is 5.32 Å². The summed E-state index contributed by atoms with van der Waals surface area (Å²) in [5, 5.41) is 13.4. The summed E-state index contributed by atoms with van der Waals surface area (Å²) in [5.41, 5.74) is 2.81. The Hall–Kier alpha value is -1.39. The fraction of sp³-hybridized carbons (Fsp3) is 0.500. The first-order valence-electron chi connectivity index (χ1n) is 6.34. The molecule has 1 aliphatic heterocycles. The Balaban J connectivity index is 2.14. The van der Waals surface area contributed by atoms with Crippen LogP contribution in [0.3, 0.4) is 0 Å². The molecule has 1 heterocycles. The van der Waals surface area contributed by atoms with E-state index < -0.39 is 6.10 Å². The fourth-order valence-electron chi connectivity index (χ4n) is 2.32. The molecule has 1 saturated heterocycles. The van der Waals surface area contributed by atoms with Gasteiger partial charge in [0.2, 0.25) is 0 Å². The number of piperazine rings is 1. The number of amides is 1. The van der Waals surface area contributed by atoms with Gasteiger partial charge in [0.15, 0.2) is 6.10 Å². The first-order valence-corrected chi connectivity index (χ1v) is 6.34. The molecule has 0 aromatic heterocycles. The zero-order valence-corrected chi connectivity index (χ0v) is 10.9. The molecule has 98 valence electrons. The Morgan fingerprint density at radius 3 is 2.61 bits per heavy atom. The van der Waals surface area contributed by atoms with E-state index in [1.54, 1.807) is 4.90 Å². The molecular weight excluding hydrogens is 228 g/mol. The van der Waals surface area contributed by atoms with Gasteiger partial charge >= 0.3 is 0 Å². The second kappa shape index (κ2) is 5.50. The minimum atomic E-state index is -1.04. The molecular formula is C14H20N2O2. The molecule has 1 unspecified atom stereocenters. The van der Waals surface area contributed by atoms with E-state index in [2.05, 4.69) is 5.32 Å². The van der Waals surface area contributed by atoms with Crippen molar-refractivity contribution in [2.24, 2.45) is 0 Å². The lowest BCUT2D eigenvalue weighted by atomic mass is 10.00. The van der Waals surface area contributed by atoms with Gasteiger partial charge in [-0.15, -0.1) is 0 Å². The Morgan fingerprint density at radius 1 is 1.33 bits per heavy atom. The van der Waals surface area contributed by atoms with Gasteiger partial charge in [0.05, 0.1) is 0 Å². The molecule has 1 aromatic carbocycles. The topological polar surface area (TPSA) is 52.6 Å². The van der Waals surface area contributed by atoms with Crippen molar-refractivity contribution in [3.05, 3.63) is 34.9 Å². The van der Waals surface area contributed by atoms with E-state index in [0.717, 1.165) is 24.2 Å². The van der Waals surface area contributed by atoms with Crippen LogP contribution in [0.25, 0.3) is 0 Å². The molecule has 2 N–H and O–H groups in total. The summed E-state index contributed by atoms with van der Waals surface area (Å²) in [6, 6.07) is 5.76. The number of carbonyl (C=O) groups is 1. The second-order valence-corrected chi connectivity index (χ2v) is 4.84. The third kappa shape index (κ3) is 2.71. The van der Waals surface area contributed by atoms with E-state index in [9.17, 15) is 9.90 Å². The van der Waals surface area contributed by atoms with Crippen LogP contribution in [0.2, 0.25) is 0 Å². The summed E-state index contributed by atoms with van der Waals surface area (Å²) in [7, 11) is 0. The zero-order valence-electron chi connectivity index (χ0n) is 10.9. The van der Waals surface area contributed by atoms with Gasteiger partial charge in [-0.1, -0.05) is 23.8 Å². The summed E-state index contributed by atoms with van der Waals surface area (Å²) >= 11 is 0. The molecule has 1 atom stereocenters. The van der Waals surface area contributed by atoms with Crippen molar-refractivity contribution >= 4 is 5.91 Å². The Morgan fingerprint density at radius 2 is 2.00 bits per heavy atom. The van der Waals surface area contributed by atoms with Crippen LogP contribution in [-0.2, 0) is 4.79 Å². The van der Waals surface area contributed by atoms with Crippen molar-refractivity contribution in [1.82, 2.24) is 10.2 Å². The fourth-order valence-corrected chi connectivity index (χ4v) is 2.32. The number of carbonyl (C=O) groups excluding carboxylic acids is 1. The van der Waals surface area contributed by atoms with Gasteiger partial charge in [-0.3, -0.25) is 4.79 Å². The van der Waals surface area contributed by atoms with Gasteiger partial charge in [0.25, 0.3) is 5.91 Å². The van der Waals surface area contributed by atoms with Crippen molar-refractivity contribution in [3.8, 4) is 0 Å². The summed E-state index contributed by atoms with van der Waals surface area (Å²) in [4.78, 5) is 13.9. The molecule has 0 bridgehead atoms. The molecule has 1 fully saturated rings. The molecule has 1 aliphatic rings. The Bertz CT molecular complexity index is 439. The third-order valence-electron chi connectivity index (χ3n) is 3.38. The van der Waals surface area contributed by atoms with Crippen LogP contribution in [0.5, 0.6) is 0 Å². The Kier molecular flexibility index (Phi) is 3.99. The summed E-state index contributed by atoms with van der Waals surface area (Å²) in [6.07, 6.45) is -1.04. The number of nitrogens with zero attached hydrogens (tertiary/aromatic N) is 1. The number of aliphatic hydroxyl groups excluding tert-OH is 1. The predicted octanol–water partition coefficient (Wildman–Crippen LogP) is 0.769. The van der Waals surface area contributed by atoms with Crippen molar-refractivity contribution in [2.45, 2.75) is 20.0 Å². The minimum Gasteiger partial charge on any atom is -0.378 e. The van der Waals surface area contributed by atoms with Crippen LogP contribution in [0.4, 0.5) is 0 Å². The average Bonchev–Trinajstić information content (AvgIpc) is 2.38. The molecule has 0 saturated carbocycles. The number of aryl methyl sites for hydroxylation is 2. The number of rotatable bonds is 2. The maximum Gasteiger partial charge on any atom is 0.256 e. The van der Waals surface area contributed by atoms with Crippen LogP contribution in [0.15, 0.2) is 18.2 Å². The van der Waals surface area contributed by atoms with E-state index in [1.807, 2.05) is 32.0 Å². The lowest BCUT2D eigenvalue weighted by molar-refractivity contribution is -0.141. The highest BCUT2D eigenvalue weighted by molar-refractivity contribution is 5.82. The monoisotopic (exact) mass is 248 g/mol. The van der Waals surface area contributed by atoms with Crippen molar-refractivity contribution in [2.75, 3.05) is 26.2 Å². The molecule has 4 heteroatoms. The molecule has 0 radical (unpaired) electrons. The van der Waals surface area contributed by atoms with E-state index in [1.165, 1.54) is 0 Å². The smallest absolute Gasteiger partial charge is 0.256 e. The quantitative estimate of drug-likeness (QED) is 0.813. The van der Waals surface area contributed by atoms with Gasteiger partial charge in [0.1, 0.15) is 0 Å². The van der Waals surface area contributed by atoms with Crippen LogP contribution in [0.1, 0.15) is 22.8 Å². The molecule has 1 aromatic rings. The largest absolute Gasteiger partial charge is 0.378 e. The van der Waals surface area contributed by atoms with Gasteiger partial charge < -0.3 is 15.3 Å². The molecule has 2 rings (SSSR count). The molecule has 18 heavy (non-hydrogen) atoms. The summed E-state index contributed by atoms with van der Waals surface area (Å²) < 4.78 is 0. The highest BCUT2D eigenvalue weighted by atomic mass is 16.3. The van der Waals surface area contributed by atoms with E-state index in [0.29, 0.717) is 18.7 Å². The molecule has 0 spiro atoms. The first kappa shape index (κ1) is 13.1. The molecule has 4 nitrogen and oxygen atoms in total. The minimum absolute atomic E-state index is 0.191.